The summed E-state index contributed by atoms with van der Waals surface area (Å²) in [5, 5.41) is 3.28. The van der Waals surface area contributed by atoms with Crippen LogP contribution in [0.1, 0.15) is 50.7 Å². The Labute approximate surface area is 121 Å². The molecule has 0 amide bonds. The average Bonchev–Trinajstić information content (AvgIpc) is 2.73. The molecule has 0 saturated carbocycles. The lowest BCUT2D eigenvalue weighted by molar-refractivity contribution is -0.108. The molecule has 4 heteroatoms. The Balaban J connectivity index is 1.84. The summed E-state index contributed by atoms with van der Waals surface area (Å²) < 4.78 is 17.6. The Hall–Kier alpha value is -0.840. The van der Waals surface area contributed by atoms with E-state index in [-0.39, 0.29) is 18.3 Å². The number of aryl methyl sites for hydroxylation is 1. The molecule has 1 aliphatic rings. The number of ether oxygens (including phenoxy) is 2. The van der Waals surface area contributed by atoms with Crippen molar-refractivity contribution >= 4 is 0 Å². The molecule has 20 heavy (non-hydrogen) atoms. The molecule has 1 aromatic heterocycles. The van der Waals surface area contributed by atoms with Gasteiger partial charge in [0.25, 0.3) is 0 Å². The number of furan rings is 1. The Morgan fingerprint density at radius 3 is 2.65 bits per heavy atom. The summed E-state index contributed by atoms with van der Waals surface area (Å²) in [6.45, 7) is 10.7. The first kappa shape index (κ1) is 15.5. The lowest BCUT2D eigenvalue weighted by Crippen LogP contribution is -2.33. The number of hydrogen-bond acceptors (Lipinski definition) is 4. The van der Waals surface area contributed by atoms with E-state index in [1.807, 2.05) is 0 Å². The van der Waals surface area contributed by atoms with Crippen LogP contribution in [0.2, 0.25) is 0 Å². The van der Waals surface area contributed by atoms with Crippen LogP contribution in [0.3, 0.4) is 0 Å². The van der Waals surface area contributed by atoms with Gasteiger partial charge in [0.05, 0.1) is 24.9 Å². The second kappa shape index (κ2) is 7.25. The SMILES string of the molecule is CCNCc1oc(COC2CC(C)OC(C)C2)cc1C. The van der Waals surface area contributed by atoms with E-state index in [0.29, 0.717) is 6.61 Å². The van der Waals surface area contributed by atoms with Crippen molar-refractivity contribution in [2.75, 3.05) is 6.54 Å². The number of nitrogens with one attached hydrogen (secondary N) is 1. The largest absolute Gasteiger partial charge is 0.462 e. The predicted octanol–water partition coefficient (Wildman–Crippen LogP) is 3.17. The van der Waals surface area contributed by atoms with Gasteiger partial charge in [0.1, 0.15) is 18.1 Å². The van der Waals surface area contributed by atoms with Crippen LogP contribution in [0.25, 0.3) is 0 Å². The molecule has 114 valence electrons. The molecule has 1 N–H and O–H groups in total. The summed E-state index contributed by atoms with van der Waals surface area (Å²) in [5.41, 5.74) is 1.19. The first-order valence-corrected chi connectivity index (χ1v) is 7.64. The molecule has 1 saturated heterocycles. The van der Waals surface area contributed by atoms with Crippen molar-refractivity contribution in [3.63, 3.8) is 0 Å². The molecule has 2 heterocycles. The zero-order valence-corrected chi connectivity index (χ0v) is 13.1. The average molecular weight is 281 g/mol. The molecule has 0 aromatic carbocycles. The van der Waals surface area contributed by atoms with Crippen molar-refractivity contribution in [3.05, 3.63) is 23.2 Å². The maximum Gasteiger partial charge on any atom is 0.130 e. The van der Waals surface area contributed by atoms with Gasteiger partial charge in [-0.25, -0.2) is 0 Å². The molecule has 0 bridgehead atoms. The topological polar surface area (TPSA) is 43.6 Å². The van der Waals surface area contributed by atoms with Gasteiger partial charge in [-0.05, 0) is 51.8 Å². The fraction of sp³-hybridized carbons (Fsp3) is 0.750. The zero-order chi connectivity index (χ0) is 14.5. The molecule has 4 nitrogen and oxygen atoms in total. The smallest absolute Gasteiger partial charge is 0.130 e. The van der Waals surface area contributed by atoms with Gasteiger partial charge in [-0.15, -0.1) is 0 Å². The van der Waals surface area contributed by atoms with E-state index in [2.05, 4.69) is 39.1 Å². The Morgan fingerprint density at radius 1 is 1.30 bits per heavy atom. The van der Waals surface area contributed by atoms with E-state index in [0.717, 1.165) is 37.5 Å². The minimum absolute atomic E-state index is 0.274. The fourth-order valence-electron chi connectivity index (χ4n) is 2.76. The molecule has 2 atom stereocenters. The van der Waals surface area contributed by atoms with Crippen LogP contribution in [0.5, 0.6) is 0 Å². The molecule has 2 rings (SSSR count). The van der Waals surface area contributed by atoms with E-state index >= 15 is 0 Å². The van der Waals surface area contributed by atoms with Crippen LogP contribution in [0.15, 0.2) is 10.5 Å². The highest BCUT2D eigenvalue weighted by Gasteiger charge is 2.25. The van der Waals surface area contributed by atoms with Crippen LogP contribution >= 0.6 is 0 Å². The normalized spacial score (nSPS) is 26.9. The summed E-state index contributed by atoms with van der Waals surface area (Å²) >= 11 is 0. The van der Waals surface area contributed by atoms with Crippen LogP contribution in [-0.2, 0) is 22.6 Å². The maximum absolute atomic E-state index is 5.99. The Bertz CT molecular complexity index is 406. The zero-order valence-electron chi connectivity index (χ0n) is 13.1. The van der Waals surface area contributed by atoms with Gasteiger partial charge in [0.15, 0.2) is 0 Å². The third-order valence-electron chi connectivity index (χ3n) is 3.72. The van der Waals surface area contributed by atoms with E-state index in [1.54, 1.807) is 0 Å². The lowest BCUT2D eigenvalue weighted by atomic mass is 10.0. The van der Waals surface area contributed by atoms with Crippen molar-refractivity contribution in [1.29, 1.82) is 0 Å². The highest BCUT2D eigenvalue weighted by molar-refractivity contribution is 5.19. The first-order chi connectivity index (χ1) is 9.58. The van der Waals surface area contributed by atoms with Gasteiger partial charge in [0.2, 0.25) is 0 Å². The number of rotatable bonds is 6. The highest BCUT2D eigenvalue weighted by atomic mass is 16.5. The second-order valence-corrected chi connectivity index (χ2v) is 5.76. The van der Waals surface area contributed by atoms with Crippen molar-refractivity contribution in [2.24, 2.45) is 0 Å². The molecule has 0 radical (unpaired) electrons. The third-order valence-corrected chi connectivity index (χ3v) is 3.72. The number of hydrogen-bond donors (Lipinski definition) is 1. The summed E-state index contributed by atoms with van der Waals surface area (Å²) in [6.07, 6.45) is 2.77. The van der Waals surface area contributed by atoms with Crippen LogP contribution in [-0.4, -0.2) is 24.9 Å². The third kappa shape index (κ3) is 4.33. The molecule has 1 aliphatic heterocycles. The van der Waals surface area contributed by atoms with E-state index in [9.17, 15) is 0 Å². The first-order valence-electron chi connectivity index (χ1n) is 7.64. The van der Waals surface area contributed by atoms with Gasteiger partial charge >= 0.3 is 0 Å². The Kier molecular flexibility index (Phi) is 5.64. The lowest BCUT2D eigenvalue weighted by Gasteiger charge is -2.31. The minimum Gasteiger partial charge on any atom is -0.462 e. The standard InChI is InChI=1S/C16H27NO3/c1-5-17-9-16-11(2)6-15(20-16)10-18-14-7-12(3)19-13(4)8-14/h6,12-14,17H,5,7-10H2,1-4H3. The molecule has 0 spiro atoms. The van der Waals surface area contributed by atoms with Gasteiger partial charge < -0.3 is 19.2 Å². The van der Waals surface area contributed by atoms with Crippen molar-refractivity contribution in [3.8, 4) is 0 Å². The fourth-order valence-corrected chi connectivity index (χ4v) is 2.76. The predicted molar refractivity (Wildman–Crippen MR) is 78.6 cm³/mol. The quantitative estimate of drug-likeness (QED) is 0.870. The van der Waals surface area contributed by atoms with E-state index < -0.39 is 0 Å². The highest BCUT2D eigenvalue weighted by Crippen LogP contribution is 2.23. The van der Waals surface area contributed by atoms with Crippen LogP contribution in [0.4, 0.5) is 0 Å². The van der Waals surface area contributed by atoms with Crippen molar-refractivity contribution in [1.82, 2.24) is 5.32 Å². The Morgan fingerprint density at radius 2 is 2.00 bits per heavy atom. The van der Waals surface area contributed by atoms with Crippen molar-refractivity contribution < 1.29 is 13.9 Å². The summed E-state index contributed by atoms with van der Waals surface area (Å²) in [5.74, 6) is 1.93. The van der Waals surface area contributed by atoms with E-state index in [1.165, 1.54) is 5.56 Å². The van der Waals surface area contributed by atoms with Crippen LogP contribution < -0.4 is 5.32 Å². The second-order valence-electron chi connectivity index (χ2n) is 5.76. The molecular formula is C16H27NO3. The van der Waals surface area contributed by atoms with E-state index in [4.69, 9.17) is 13.9 Å². The van der Waals surface area contributed by atoms with Crippen LogP contribution in [0, 0.1) is 6.92 Å². The van der Waals surface area contributed by atoms with Gasteiger partial charge in [-0.1, -0.05) is 6.92 Å². The molecule has 0 aliphatic carbocycles. The van der Waals surface area contributed by atoms with Crippen molar-refractivity contribution in [2.45, 2.75) is 72.0 Å². The maximum atomic E-state index is 5.99. The monoisotopic (exact) mass is 281 g/mol. The summed E-state index contributed by atoms with van der Waals surface area (Å²) in [4.78, 5) is 0. The molecular weight excluding hydrogens is 254 g/mol. The molecule has 2 unspecified atom stereocenters. The summed E-state index contributed by atoms with van der Waals surface area (Å²) in [6, 6.07) is 2.08. The van der Waals surface area contributed by atoms with Gasteiger partial charge in [-0.2, -0.15) is 0 Å². The molecule has 1 fully saturated rings. The molecule has 1 aromatic rings. The van der Waals surface area contributed by atoms with Gasteiger partial charge in [0, 0.05) is 0 Å². The summed E-state index contributed by atoms with van der Waals surface area (Å²) in [7, 11) is 0. The minimum atomic E-state index is 0.274. The van der Waals surface area contributed by atoms with Gasteiger partial charge in [-0.3, -0.25) is 0 Å².